The molecule has 0 aliphatic heterocycles. The number of carbonyl (C=O) groups is 2. The fourth-order valence-electron chi connectivity index (χ4n) is 2.15. The van der Waals surface area contributed by atoms with Crippen LogP contribution in [0.5, 0.6) is 0 Å². The first kappa shape index (κ1) is 18.8. The van der Waals surface area contributed by atoms with E-state index in [9.17, 15) is 18.0 Å². The van der Waals surface area contributed by atoms with Crippen molar-refractivity contribution < 1.29 is 22.7 Å². The van der Waals surface area contributed by atoms with Gasteiger partial charge in [0.25, 0.3) is 0 Å². The third kappa shape index (κ3) is 5.23. The highest BCUT2D eigenvalue weighted by Crippen LogP contribution is 2.10. The maximum atomic E-state index is 12.3. The van der Waals surface area contributed by atoms with Gasteiger partial charge in [-0.3, -0.25) is 9.59 Å². The van der Waals surface area contributed by atoms with Gasteiger partial charge in [0.1, 0.15) is 6.54 Å². The number of ether oxygens (including phenoxy) is 1. The molecule has 1 unspecified atom stereocenters. The number of benzene rings is 2. The van der Waals surface area contributed by atoms with E-state index in [0.29, 0.717) is 12.0 Å². The molecule has 1 N–H and O–H groups in total. The third-order valence-electron chi connectivity index (χ3n) is 3.46. The van der Waals surface area contributed by atoms with Crippen molar-refractivity contribution in [3.63, 3.8) is 0 Å². The fraction of sp³-hybridized carbons (Fsp3) is 0.222. The minimum atomic E-state index is -3.81. The zero-order chi connectivity index (χ0) is 18.3. The summed E-state index contributed by atoms with van der Waals surface area (Å²) in [6.45, 7) is 1.17. The number of esters is 1. The highest BCUT2D eigenvalue weighted by Gasteiger charge is 2.23. The maximum Gasteiger partial charge on any atom is 0.321 e. The predicted molar refractivity (Wildman–Crippen MR) is 92.6 cm³/mol. The van der Waals surface area contributed by atoms with E-state index in [-0.39, 0.29) is 10.7 Å². The van der Waals surface area contributed by atoms with Gasteiger partial charge in [-0.2, -0.15) is 4.72 Å². The van der Waals surface area contributed by atoms with Gasteiger partial charge in [0, 0.05) is 5.56 Å². The lowest BCUT2D eigenvalue weighted by Crippen LogP contribution is -2.34. The minimum Gasteiger partial charge on any atom is -0.453 e. The van der Waals surface area contributed by atoms with Crippen LogP contribution in [0.3, 0.4) is 0 Å². The standard InChI is InChI=1S/C18H19NO5S/c1-2-16(18(21)14-9-5-3-6-10-14)24-17(20)13-19-25(22,23)15-11-7-4-8-12-15/h3-12,16,19H,2,13H2,1H3. The molecule has 2 rings (SSSR count). The largest absolute Gasteiger partial charge is 0.453 e. The zero-order valence-corrected chi connectivity index (χ0v) is 14.5. The van der Waals surface area contributed by atoms with Gasteiger partial charge in [-0.05, 0) is 18.6 Å². The second kappa shape index (κ2) is 8.55. The van der Waals surface area contributed by atoms with Gasteiger partial charge in [0.15, 0.2) is 6.10 Å². The summed E-state index contributed by atoms with van der Waals surface area (Å²) in [6, 6.07) is 16.2. The number of rotatable bonds is 8. The van der Waals surface area contributed by atoms with Crippen molar-refractivity contribution in [3.05, 3.63) is 66.2 Å². The average molecular weight is 361 g/mol. The average Bonchev–Trinajstić information content (AvgIpc) is 2.65. The summed E-state index contributed by atoms with van der Waals surface area (Å²) >= 11 is 0. The fourth-order valence-corrected chi connectivity index (χ4v) is 3.14. The van der Waals surface area contributed by atoms with Gasteiger partial charge in [-0.1, -0.05) is 55.5 Å². The number of hydrogen-bond donors (Lipinski definition) is 1. The number of ketones is 1. The minimum absolute atomic E-state index is 0.0511. The highest BCUT2D eigenvalue weighted by atomic mass is 32.2. The SMILES string of the molecule is CCC(OC(=O)CNS(=O)(=O)c1ccccc1)C(=O)c1ccccc1. The molecule has 0 bridgehead atoms. The molecule has 0 heterocycles. The molecule has 6 nitrogen and oxygen atoms in total. The summed E-state index contributed by atoms with van der Waals surface area (Å²) in [4.78, 5) is 24.3. The number of nitrogens with one attached hydrogen (secondary N) is 1. The molecule has 0 spiro atoms. The lowest BCUT2D eigenvalue weighted by atomic mass is 10.0. The molecule has 0 aliphatic carbocycles. The van der Waals surface area contributed by atoms with Crippen LogP contribution in [-0.2, 0) is 19.6 Å². The molecule has 2 aromatic rings. The third-order valence-corrected chi connectivity index (χ3v) is 4.87. The molecule has 132 valence electrons. The van der Waals surface area contributed by atoms with Crippen molar-refractivity contribution in [1.29, 1.82) is 0 Å². The summed E-state index contributed by atoms with van der Waals surface area (Å²) in [5.74, 6) is -1.13. The van der Waals surface area contributed by atoms with E-state index in [1.165, 1.54) is 12.1 Å². The van der Waals surface area contributed by atoms with Crippen molar-refractivity contribution in [2.24, 2.45) is 0 Å². The Morgan fingerprint density at radius 3 is 2.12 bits per heavy atom. The van der Waals surface area contributed by atoms with Crippen LogP contribution < -0.4 is 4.72 Å². The summed E-state index contributed by atoms with van der Waals surface area (Å²) in [5, 5.41) is 0. The molecule has 7 heteroatoms. The Kier molecular flexibility index (Phi) is 6.44. The van der Waals surface area contributed by atoms with Crippen molar-refractivity contribution in [2.45, 2.75) is 24.3 Å². The lowest BCUT2D eigenvalue weighted by molar-refractivity contribution is -0.145. The maximum absolute atomic E-state index is 12.3. The van der Waals surface area contributed by atoms with Gasteiger partial charge in [0.2, 0.25) is 15.8 Å². The van der Waals surface area contributed by atoms with Crippen molar-refractivity contribution in [2.75, 3.05) is 6.54 Å². The van der Waals surface area contributed by atoms with Crippen LogP contribution in [0.2, 0.25) is 0 Å². The number of Topliss-reactive ketones (excluding diaryl/α,β-unsaturated/α-hetero) is 1. The molecule has 1 atom stereocenters. The monoisotopic (exact) mass is 361 g/mol. The molecular weight excluding hydrogens is 342 g/mol. The highest BCUT2D eigenvalue weighted by molar-refractivity contribution is 7.89. The number of carbonyl (C=O) groups excluding carboxylic acids is 2. The molecule has 25 heavy (non-hydrogen) atoms. The normalized spacial score (nSPS) is 12.4. The van der Waals surface area contributed by atoms with Crippen LogP contribution in [0.1, 0.15) is 23.7 Å². The van der Waals surface area contributed by atoms with E-state index < -0.39 is 28.6 Å². The molecule has 0 aliphatic rings. The van der Waals surface area contributed by atoms with E-state index in [1.807, 2.05) is 0 Å². The molecule has 0 saturated carbocycles. The smallest absolute Gasteiger partial charge is 0.321 e. The topological polar surface area (TPSA) is 89.5 Å². The molecule has 0 amide bonds. The zero-order valence-electron chi connectivity index (χ0n) is 13.7. The molecule has 0 saturated heterocycles. The Hall–Kier alpha value is -2.51. The summed E-state index contributed by atoms with van der Waals surface area (Å²) in [5.41, 5.74) is 0.437. The second-order valence-corrected chi connectivity index (χ2v) is 7.02. The van der Waals surface area contributed by atoms with Gasteiger partial charge >= 0.3 is 5.97 Å². The first-order valence-electron chi connectivity index (χ1n) is 7.77. The van der Waals surface area contributed by atoms with Crippen LogP contribution in [0, 0.1) is 0 Å². The van der Waals surface area contributed by atoms with Crippen molar-refractivity contribution in [3.8, 4) is 0 Å². The number of hydrogen-bond acceptors (Lipinski definition) is 5. The van der Waals surface area contributed by atoms with E-state index in [0.717, 1.165) is 0 Å². The van der Waals surface area contributed by atoms with E-state index in [4.69, 9.17) is 4.74 Å². The van der Waals surface area contributed by atoms with Crippen LogP contribution in [0.4, 0.5) is 0 Å². The number of sulfonamides is 1. The Morgan fingerprint density at radius 2 is 1.56 bits per heavy atom. The quantitative estimate of drug-likeness (QED) is 0.575. The second-order valence-electron chi connectivity index (χ2n) is 5.25. The summed E-state index contributed by atoms with van der Waals surface area (Å²) in [6.07, 6.45) is -0.651. The van der Waals surface area contributed by atoms with Crippen molar-refractivity contribution >= 4 is 21.8 Å². The Labute approximate surface area is 146 Å². The predicted octanol–water partition coefficient (Wildman–Crippen LogP) is 2.17. The summed E-state index contributed by atoms with van der Waals surface area (Å²) < 4.78 is 31.4. The molecular formula is C18H19NO5S. The molecule has 0 fully saturated rings. The first-order valence-corrected chi connectivity index (χ1v) is 9.26. The van der Waals surface area contributed by atoms with Crippen LogP contribution in [-0.4, -0.2) is 32.8 Å². The van der Waals surface area contributed by atoms with Crippen LogP contribution in [0.15, 0.2) is 65.6 Å². The van der Waals surface area contributed by atoms with Gasteiger partial charge < -0.3 is 4.74 Å². The molecule has 0 radical (unpaired) electrons. The van der Waals surface area contributed by atoms with E-state index >= 15 is 0 Å². The van der Waals surface area contributed by atoms with E-state index in [2.05, 4.69) is 4.72 Å². The summed E-state index contributed by atoms with van der Waals surface area (Å²) in [7, 11) is -3.81. The van der Waals surface area contributed by atoms with Crippen LogP contribution in [0.25, 0.3) is 0 Å². The first-order chi connectivity index (χ1) is 11.9. The van der Waals surface area contributed by atoms with Gasteiger partial charge in [0.05, 0.1) is 4.90 Å². The van der Waals surface area contributed by atoms with E-state index in [1.54, 1.807) is 55.5 Å². The molecule has 2 aromatic carbocycles. The van der Waals surface area contributed by atoms with Gasteiger partial charge in [-0.15, -0.1) is 0 Å². The van der Waals surface area contributed by atoms with Gasteiger partial charge in [-0.25, -0.2) is 8.42 Å². The van der Waals surface area contributed by atoms with Crippen molar-refractivity contribution in [1.82, 2.24) is 4.72 Å². The Balaban J connectivity index is 1.96. The lowest BCUT2D eigenvalue weighted by Gasteiger charge is -2.15. The van der Waals surface area contributed by atoms with Crippen LogP contribution >= 0.6 is 0 Å². The Bertz CT molecular complexity index is 819. The molecule has 0 aromatic heterocycles. The Morgan fingerprint density at radius 1 is 1.00 bits per heavy atom.